The fourth-order valence-electron chi connectivity index (χ4n) is 3.87. The molecule has 0 unspecified atom stereocenters. The summed E-state index contributed by atoms with van der Waals surface area (Å²) < 4.78 is 16.0. The van der Waals surface area contributed by atoms with Crippen molar-refractivity contribution >= 4 is 5.91 Å². The summed E-state index contributed by atoms with van der Waals surface area (Å²) in [6.07, 6.45) is 5.29. The number of amides is 1. The number of nitrogens with one attached hydrogen (secondary N) is 1. The molecular weight excluding hydrogens is 380 g/mol. The molecule has 3 rings (SSSR count). The topological polar surface area (TPSA) is 60.0 Å². The third-order valence-corrected chi connectivity index (χ3v) is 5.53. The van der Waals surface area contributed by atoms with Crippen molar-refractivity contribution in [2.45, 2.75) is 38.8 Å². The van der Waals surface area contributed by atoms with Crippen molar-refractivity contribution in [3.05, 3.63) is 53.1 Å². The lowest BCUT2D eigenvalue weighted by Crippen LogP contribution is -2.24. The van der Waals surface area contributed by atoms with Crippen molar-refractivity contribution in [2.75, 3.05) is 34.4 Å². The number of likely N-dealkylation sites (tertiary alicyclic amines) is 1. The Hall–Kier alpha value is -2.73. The zero-order chi connectivity index (χ0) is 21.3. The number of ether oxygens (including phenoxy) is 3. The molecule has 6 nitrogen and oxygen atoms in total. The minimum Gasteiger partial charge on any atom is -0.493 e. The van der Waals surface area contributed by atoms with Gasteiger partial charge in [-0.2, -0.15) is 0 Å². The van der Waals surface area contributed by atoms with Crippen LogP contribution in [0.1, 0.15) is 47.2 Å². The molecule has 1 fully saturated rings. The zero-order valence-electron chi connectivity index (χ0n) is 18.2. The van der Waals surface area contributed by atoms with E-state index >= 15 is 0 Å². The van der Waals surface area contributed by atoms with Crippen LogP contribution in [-0.2, 0) is 13.1 Å². The van der Waals surface area contributed by atoms with Gasteiger partial charge in [-0.1, -0.05) is 37.1 Å². The number of carbonyl (C=O) groups excluding carboxylic acids is 1. The minimum absolute atomic E-state index is 0.221. The first-order valence-corrected chi connectivity index (χ1v) is 10.5. The molecule has 6 heteroatoms. The molecule has 2 aromatic carbocycles. The lowest BCUT2D eigenvalue weighted by Gasteiger charge is -2.19. The molecule has 1 N–H and O–H groups in total. The molecule has 30 heavy (non-hydrogen) atoms. The molecule has 162 valence electrons. The van der Waals surface area contributed by atoms with Gasteiger partial charge in [0.05, 0.1) is 26.9 Å². The molecule has 1 saturated heterocycles. The van der Waals surface area contributed by atoms with E-state index in [1.807, 2.05) is 0 Å². The van der Waals surface area contributed by atoms with Gasteiger partial charge in [-0.05, 0) is 49.2 Å². The van der Waals surface area contributed by atoms with E-state index in [1.165, 1.54) is 58.6 Å². The van der Waals surface area contributed by atoms with Gasteiger partial charge in [0.15, 0.2) is 11.5 Å². The summed E-state index contributed by atoms with van der Waals surface area (Å²) in [5.41, 5.74) is 2.78. The average molecular weight is 413 g/mol. The summed E-state index contributed by atoms with van der Waals surface area (Å²) in [6, 6.07) is 11.9. The molecule has 0 aliphatic carbocycles. The number of hydrogen-bond donors (Lipinski definition) is 1. The summed E-state index contributed by atoms with van der Waals surface area (Å²) in [5, 5.41) is 2.96. The van der Waals surface area contributed by atoms with E-state index in [-0.39, 0.29) is 5.91 Å². The molecule has 0 radical (unpaired) electrons. The van der Waals surface area contributed by atoms with Gasteiger partial charge in [-0.25, -0.2) is 0 Å². The third-order valence-electron chi connectivity index (χ3n) is 5.53. The molecular formula is C24H32N2O4. The van der Waals surface area contributed by atoms with Gasteiger partial charge in [0.2, 0.25) is 5.75 Å². The van der Waals surface area contributed by atoms with Crippen LogP contribution in [0.4, 0.5) is 0 Å². The lowest BCUT2D eigenvalue weighted by atomic mass is 10.1. The second kappa shape index (κ2) is 10.9. The summed E-state index contributed by atoms with van der Waals surface area (Å²) >= 11 is 0. The van der Waals surface area contributed by atoms with Gasteiger partial charge in [0, 0.05) is 13.1 Å². The lowest BCUT2D eigenvalue weighted by molar-refractivity contribution is 0.0947. The highest BCUT2D eigenvalue weighted by Crippen LogP contribution is 2.39. The summed E-state index contributed by atoms with van der Waals surface area (Å²) in [7, 11) is 4.58. The van der Waals surface area contributed by atoms with Crippen LogP contribution in [0.5, 0.6) is 17.2 Å². The van der Waals surface area contributed by atoms with Crippen molar-refractivity contribution in [1.29, 1.82) is 0 Å². The van der Waals surface area contributed by atoms with E-state index in [9.17, 15) is 4.79 Å². The largest absolute Gasteiger partial charge is 0.493 e. The van der Waals surface area contributed by atoms with Crippen molar-refractivity contribution in [2.24, 2.45) is 0 Å². The van der Waals surface area contributed by atoms with E-state index < -0.39 is 0 Å². The Kier molecular flexibility index (Phi) is 7.97. The maximum Gasteiger partial charge on any atom is 0.255 e. The predicted octanol–water partition coefficient (Wildman–Crippen LogP) is 4.02. The first-order valence-electron chi connectivity index (χ1n) is 10.5. The highest BCUT2D eigenvalue weighted by atomic mass is 16.5. The van der Waals surface area contributed by atoms with Gasteiger partial charge in [0.25, 0.3) is 5.91 Å². The Morgan fingerprint density at radius 1 is 0.833 bits per heavy atom. The molecule has 0 spiro atoms. The Bertz CT molecular complexity index is 828. The maximum atomic E-state index is 12.7. The molecule has 1 amide bonds. The zero-order valence-corrected chi connectivity index (χ0v) is 18.2. The summed E-state index contributed by atoms with van der Waals surface area (Å²) in [5.74, 6) is 1.07. The Morgan fingerprint density at radius 2 is 1.47 bits per heavy atom. The monoisotopic (exact) mass is 412 g/mol. The number of carbonyl (C=O) groups is 1. The molecule has 0 bridgehead atoms. The summed E-state index contributed by atoms with van der Waals surface area (Å²) in [6.45, 7) is 3.81. The van der Waals surface area contributed by atoms with E-state index in [0.29, 0.717) is 29.4 Å². The Balaban J connectivity index is 1.61. The Morgan fingerprint density at radius 3 is 2.07 bits per heavy atom. The average Bonchev–Trinajstić information content (AvgIpc) is 3.05. The molecule has 1 aliphatic heterocycles. The number of methoxy groups -OCH3 is 3. The highest BCUT2D eigenvalue weighted by Gasteiger charge is 2.20. The fourth-order valence-corrected chi connectivity index (χ4v) is 3.87. The second-order valence-corrected chi connectivity index (χ2v) is 7.57. The SMILES string of the molecule is COc1ccc(C(=O)NCc2ccc(CN3CCCCCC3)cc2)c(OC)c1OC. The summed E-state index contributed by atoms with van der Waals surface area (Å²) in [4.78, 5) is 15.3. The van der Waals surface area contributed by atoms with E-state index in [4.69, 9.17) is 14.2 Å². The van der Waals surface area contributed by atoms with Crippen molar-refractivity contribution in [1.82, 2.24) is 10.2 Å². The van der Waals surface area contributed by atoms with Crippen LogP contribution in [0.3, 0.4) is 0 Å². The van der Waals surface area contributed by atoms with Crippen LogP contribution in [0.25, 0.3) is 0 Å². The van der Waals surface area contributed by atoms with Crippen LogP contribution in [0.2, 0.25) is 0 Å². The number of nitrogens with zero attached hydrogens (tertiary/aromatic N) is 1. The molecule has 1 heterocycles. The number of hydrogen-bond acceptors (Lipinski definition) is 5. The van der Waals surface area contributed by atoms with Crippen molar-refractivity contribution < 1.29 is 19.0 Å². The van der Waals surface area contributed by atoms with Gasteiger partial charge >= 0.3 is 0 Å². The normalized spacial score (nSPS) is 14.6. The minimum atomic E-state index is -0.221. The van der Waals surface area contributed by atoms with Crippen LogP contribution in [0.15, 0.2) is 36.4 Å². The third kappa shape index (κ3) is 5.45. The van der Waals surface area contributed by atoms with E-state index in [1.54, 1.807) is 19.2 Å². The number of benzene rings is 2. The number of rotatable bonds is 8. The van der Waals surface area contributed by atoms with Crippen molar-refractivity contribution in [3.63, 3.8) is 0 Å². The molecule has 0 saturated carbocycles. The maximum absolute atomic E-state index is 12.7. The molecule has 0 atom stereocenters. The highest BCUT2D eigenvalue weighted by molar-refractivity contribution is 5.98. The van der Waals surface area contributed by atoms with Gasteiger partial charge in [-0.15, -0.1) is 0 Å². The first kappa shape index (κ1) is 22.0. The smallest absolute Gasteiger partial charge is 0.255 e. The quantitative estimate of drug-likeness (QED) is 0.710. The van der Waals surface area contributed by atoms with E-state index in [0.717, 1.165) is 12.1 Å². The van der Waals surface area contributed by atoms with Crippen LogP contribution >= 0.6 is 0 Å². The molecule has 2 aromatic rings. The molecule has 0 aromatic heterocycles. The fraction of sp³-hybridized carbons (Fsp3) is 0.458. The van der Waals surface area contributed by atoms with Gasteiger partial charge in [-0.3, -0.25) is 9.69 Å². The second-order valence-electron chi connectivity index (χ2n) is 7.57. The molecule has 1 aliphatic rings. The van der Waals surface area contributed by atoms with E-state index in [2.05, 4.69) is 34.5 Å². The van der Waals surface area contributed by atoms with Crippen LogP contribution < -0.4 is 19.5 Å². The van der Waals surface area contributed by atoms with Crippen molar-refractivity contribution in [3.8, 4) is 17.2 Å². The van der Waals surface area contributed by atoms with Gasteiger partial charge in [0.1, 0.15) is 0 Å². The van der Waals surface area contributed by atoms with Gasteiger partial charge < -0.3 is 19.5 Å². The van der Waals surface area contributed by atoms with Crippen LogP contribution in [0, 0.1) is 0 Å². The Labute approximate surface area is 179 Å². The standard InChI is InChI=1S/C24H32N2O4/c1-28-21-13-12-20(22(29-2)23(21)30-3)24(27)25-16-18-8-10-19(11-9-18)17-26-14-6-4-5-7-15-26/h8-13H,4-7,14-17H2,1-3H3,(H,25,27). The van der Waals surface area contributed by atoms with Crippen LogP contribution in [-0.4, -0.2) is 45.2 Å². The first-order chi connectivity index (χ1) is 14.7. The predicted molar refractivity (Wildman–Crippen MR) is 117 cm³/mol.